The molecule has 1 aromatic carbocycles. The lowest BCUT2D eigenvalue weighted by Crippen LogP contribution is -2.46. The van der Waals surface area contributed by atoms with Crippen molar-refractivity contribution in [2.75, 3.05) is 44.7 Å². The summed E-state index contributed by atoms with van der Waals surface area (Å²) >= 11 is 0. The van der Waals surface area contributed by atoms with Crippen molar-refractivity contribution in [2.24, 2.45) is 0 Å². The molecule has 1 N–H and O–H groups in total. The average molecular weight is 261 g/mol. The number of nitrogens with one attached hydrogen (secondary N) is 1. The largest absolute Gasteiger partial charge is 0.369 e. The van der Waals surface area contributed by atoms with Crippen LogP contribution in [0.25, 0.3) is 0 Å². The molecule has 0 radical (unpaired) electrons. The molecular formula is C16H27N3. The van der Waals surface area contributed by atoms with Crippen LogP contribution < -0.4 is 10.2 Å². The molecule has 1 aliphatic rings. The summed E-state index contributed by atoms with van der Waals surface area (Å²) in [5.74, 6) is 0. The molecule has 1 aromatic rings. The van der Waals surface area contributed by atoms with Crippen molar-refractivity contribution in [3.05, 3.63) is 29.8 Å². The van der Waals surface area contributed by atoms with Crippen molar-refractivity contribution in [1.82, 2.24) is 10.2 Å². The molecule has 1 fully saturated rings. The van der Waals surface area contributed by atoms with Crippen LogP contribution in [0, 0.1) is 0 Å². The molecule has 3 heteroatoms. The van der Waals surface area contributed by atoms with Gasteiger partial charge in [0.15, 0.2) is 0 Å². The standard InChI is InChI=1S/C16H27N3/c1-4-15(17-3)14-8-6-7-9-16(14)19-12-10-18(5-2)11-13-19/h6-9,15,17H,4-5,10-13H2,1-3H3. The molecule has 1 saturated heterocycles. The third-order valence-electron chi connectivity index (χ3n) is 4.23. The van der Waals surface area contributed by atoms with E-state index in [0.29, 0.717) is 6.04 Å². The first-order valence-corrected chi connectivity index (χ1v) is 7.53. The lowest BCUT2D eigenvalue weighted by Gasteiger charge is -2.37. The molecular weight excluding hydrogens is 234 g/mol. The Morgan fingerprint density at radius 2 is 1.79 bits per heavy atom. The highest BCUT2D eigenvalue weighted by Gasteiger charge is 2.20. The molecule has 2 rings (SSSR count). The fourth-order valence-corrected chi connectivity index (χ4v) is 2.95. The van der Waals surface area contributed by atoms with E-state index in [2.05, 4.69) is 60.3 Å². The molecule has 0 saturated carbocycles. The van der Waals surface area contributed by atoms with E-state index in [1.165, 1.54) is 30.9 Å². The summed E-state index contributed by atoms with van der Waals surface area (Å²) in [6, 6.07) is 9.32. The van der Waals surface area contributed by atoms with Gasteiger partial charge in [0.05, 0.1) is 0 Å². The maximum absolute atomic E-state index is 3.43. The number of likely N-dealkylation sites (N-methyl/N-ethyl adjacent to an activating group) is 1. The van der Waals surface area contributed by atoms with Crippen LogP contribution in [0.4, 0.5) is 5.69 Å². The van der Waals surface area contributed by atoms with Crippen LogP contribution >= 0.6 is 0 Å². The van der Waals surface area contributed by atoms with E-state index in [4.69, 9.17) is 0 Å². The summed E-state index contributed by atoms with van der Waals surface area (Å²) in [7, 11) is 2.06. The van der Waals surface area contributed by atoms with Gasteiger partial charge < -0.3 is 15.1 Å². The zero-order valence-electron chi connectivity index (χ0n) is 12.5. The van der Waals surface area contributed by atoms with Crippen LogP contribution in [0.15, 0.2) is 24.3 Å². The molecule has 19 heavy (non-hydrogen) atoms. The molecule has 0 aromatic heterocycles. The van der Waals surface area contributed by atoms with Crippen LogP contribution in [0.2, 0.25) is 0 Å². The Bertz CT molecular complexity index is 379. The molecule has 0 bridgehead atoms. The molecule has 1 atom stereocenters. The Morgan fingerprint density at radius 1 is 1.11 bits per heavy atom. The summed E-state index contributed by atoms with van der Waals surface area (Å²) in [4.78, 5) is 5.07. The van der Waals surface area contributed by atoms with E-state index < -0.39 is 0 Å². The Balaban J connectivity index is 2.16. The molecule has 1 aliphatic heterocycles. The Hall–Kier alpha value is -1.06. The van der Waals surface area contributed by atoms with E-state index in [-0.39, 0.29) is 0 Å². The lowest BCUT2D eigenvalue weighted by atomic mass is 10.0. The monoisotopic (exact) mass is 261 g/mol. The number of anilines is 1. The third-order valence-corrected chi connectivity index (χ3v) is 4.23. The predicted molar refractivity (Wildman–Crippen MR) is 82.9 cm³/mol. The van der Waals surface area contributed by atoms with Gasteiger partial charge in [-0.2, -0.15) is 0 Å². The van der Waals surface area contributed by atoms with Gasteiger partial charge in [0.25, 0.3) is 0 Å². The van der Waals surface area contributed by atoms with Crippen LogP contribution in [0.1, 0.15) is 31.9 Å². The zero-order valence-corrected chi connectivity index (χ0v) is 12.5. The fourth-order valence-electron chi connectivity index (χ4n) is 2.95. The summed E-state index contributed by atoms with van der Waals surface area (Å²) in [5, 5.41) is 3.43. The Kier molecular flexibility index (Phi) is 5.23. The third kappa shape index (κ3) is 3.28. The van der Waals surface area contributed by atoms with Crippen molar-refractivity contribution >= 4 is 5.69 Å². The minimum Gasteiger partial charge on any atom is -0.369 e. The second kappa shape index (κ2) is 6.92. The molecule has 3 nitrogen and oxygen atoms in total. The first-order valence-electron chi connectivity index (χ1n) is 7.53. The molecule has 1 unspecified atom stereocenters. The highest BCUT2D eigenvalue weighted by atomic mass is 15.3. The maximum Gasteiger partial charge on any atom is 0.0415 e. The highest BCUT2D eigenvalue weighted by molar-refractivity contribution is 5.55. The molecule has 0 amide bonds. The highest BCUT2D eigenvalue weighted by Crippen LogP contribution is 2.28. The fraction of sp³-hybridized carbons (Fsp3) is 0.625. The Labute approximate surface area is 117 Å². The van der Waals surface area contributed by atoms with Gasteiger partial charge in [-0.25, -0.2) is 0 Å². The van der Waals surface area contributed by atoms with E-state index in [9.17, 15) is 0 Å². The van der Waals surface area contributed by atoms with E-state index in [1.807, 2.05) is 0 Å². The normalized spacial score (nSPS) is 18.6. The minimum atomic E-state index is 0.459. The van der Waals surface area contributed by atoms with Gasteiger partial charge in [0.1, 0.15) is 0 Å². The van der Waals surface area contributed by atoms with Gasteiger partial charge >= 0.3 is 0 Å². The van der Waals surface area contributed by atoms with Gasteiger partial charge in [-0.1, -0.05) is 32.0 Å². The topological polar surface area (TPSA) is 18.5 Å². The number of nitrogens with zero attached hydrogens (tertiary/aromatic N) is 2. The zero-order chi connectivity index (χ0) is 13.7. The van der Waals surface area contributed by atoms with Gasteiger partial charge in [0.2, 0.25) is 0 Å². The summed E-state index contributed by atoms with van der Waals surface area (Å²) in [6.07, 6.45) is 1.13. The van der Waals surface area contributed by atoms with Crippen molar-refractivity contribution in [2.45, 2.75) is 26.3 Å². The average Bonchev–Trinajstić information content (AvgIpc) is 2.49. The number of hydrogen-bond acceptors (Lipinski definition) is 3. The predicted octanol–water partition coefficient (Wildman–Crippen LogP) is 2.50. The first-order chi connectivity index (χ1) is 9.30. The number of para-hydroxylation sites is 1. The number of rotatable bonds is 5. The quantitative estimate of drug-likeness (QED) is 0.878. The summed E-state index contributed by atoms with van der Waals surface area (Å²) in [5.41, 5.74) is 2.86. The van der Waals surface area contributed by atoms with Gasteiger partial charge in [0, 0.05) is 37.9 Å². The second-order valence-corrected chi connectivity index (χ2v) is 5.23. The van der Waals surface area contributed by atoms with Crippen molar-refractivity contribution in [3.63, 3.8) is 0 Å². The smallest absolute Gasteiger partial charge is 0.0415 e. The van der Waals surface area contributed by atoms with Crippen molar-refractivity contribution < 1.29 is 0 Å². The lowest BCUT2D eigenvalue weighted by molar-refractivity contribution is 0.271. The minimum absolute atomic E-state index is 0.459. The van der Waals surface area contributed by atoms with Gasteiger partial charge in [-0.3, -0.25) is 0 Å². The SMILES string of the molecule is CCC(NC)c1ccccc1N1CCN(CC)CC1. The van der Waals surface area contributed by atoms with Crippen molar-refractivity contribution in [3.8, 4) is 0 Å². The number of benzene rings is 1. The summed E-state index contributed by atoms with van der Waals surface area (Å²) in [6.45, 7) is 10.3. The molecule has 1 heterocycles. The molecule has 0 spiro atoms. The van der Waals surface area contributed by atoms with E-state index in [0.717, 1.165) is 19.5 Å². The number of piperazine rings is 1. The summed E-state index contributed by atoms with van der Waals surface area (Å²) < 4.78 is 0. The Morgan fingerprint density at radius 3 is 2.37 bits per heavy atom. The van der Waals surface area contributed by atoms with Crippen LogP contribution in [-0.2, 0) is 0 Å². The van der Waals surface area contributed by atoms with Crippen molar-refractivity contribution in [1.29, 1.82) is 0 Å². The maximum atomic E-state index is 3.43. The van der Waals surface area contributed by atoms with Gasteiger partial charge in [-0.15, -0.1) is 0 Å². The van der Waals surface area contributed by atoms with E-state index in [1.54, 1.807) is 0 Å². The van der Waals surface area contributed by atoms with Crippen LogP contribution in [-0.4, -0.2) is 44.7 Å². The van der Waals surface area contributed by atoms with Crippen LogP contribution in [0.3, 0.4) is 0 Å². The first kappa shape index (κ1) is 14.4. The van der Waals surface area contributed by atoms with E-state index >= 15 is 0 Å². The number of hydrogen-bond donors (Lipinski definition) is 1. The molecule has 106 valence electrons. The second-order valence-electron chi connectivity index (χ2n) is 5.23. The molecule has 0 aliphatic carbocycles. The van der Waals surface area contributed by atoms with Gasteiger partial charge in [-0.05, 0) is 31.6 Å². The van der Waals surface area contributed by atoms with Crippen LogP contribution in [0.5, 0.6) is 0 Å².